The van der Waals surface area contributed by atoms with E-state index in [9.17, 15) is 4.79 Å². The monoisotopic (exact) mass is 516 g/mol. The van der Waals surface area contributed by atoms with Gasteiger partial charge >= 0.3 is 0 Å². The van der Waals surface area contributed by atoms with E-state index in [2.05, 4.69) is 10.5 Å². The van der Waals surface area contributed by atoms with Gasteiger partial charge in [-0.15, -0.1) is 11.3 Å². The molecule has 9 heteroatoms. The highest BCUT2D eigenvalue weighted by Gasteiger charge is 2.18. The maximum absolute atomic E-state index is 12.9. The Labute approximate surface area is 216 Å². The minimum absolute atomic E-state index is 0.382. The third kappa shape index (κ3) is 4.68. The Morgan fingerprint density at radius 2 is 1.75 bits per heavy atom. The number of hydrazone groups is 1. The van der Waals surface area contributed by atoms with Gasteiger partial charge in [0.05, 0.1) is 31.1 Å². The van der Waals surface area contributed by atoms with E-state index in [1.165, 1.54) is 11.3 Å². The average Bonchev–Trinajstić information content (AvgIpc) is 3.50. The molecule has 0 spiro atoms. The van der Waals surface area contributed by atoms with Gasteiger partial charge in [0.15, 0.2) is 0 Å². The molecular formula is C27H21ClN4O3S. The Kier molecular flexibility index (Phi) is 6.71. The number of methoxy groups -OCH3 is 2. The fraction of sp³-hybridized carbons (Fsp3) is 0.0741. The highest BCUT2D eigenvalue weighted by atomic mass is 35.5. The molecule has 0 aliphatic rings. The number of fused-ring (bicyclic) bond motifs is 1. The highest BCUT2D eigenvalue weighted by Crippen LogP contribution is 2.37. The molecule has 0 aliphatic heterocycles. The van der Waals surface area contributed by atoms with Gasteiger partial charge in [0.1, 0.15) is 22.1 Å². The number of para-hydroxylation sites is 1. The summed E-state index contributed by atoms with van der Waals surface area (Å²) in [4.78, 5) is 13.2. The number of carbonyl (C=O) groups is 1. The molecule has 36 heavy (non-hydrogen) atoms. The molecule has 0 radical (unpaired) electrons. The number of halogens is 1. The minimum atomic E-state index is -0.391. The molecule has 2 aromatic heterocycles. The van der Waals surface area contributed by atoms with Crippen molar-refractivity contribution in [2.24, 2.45) is 5.10 Å². The van der Waals surface area contributed by atoms with E-state index < -0.39 is 5.91 Å². The van der Waals surface area contributed by atoms with Gasteiger partial charge in [0.2, 0.25) is 0 Å². The van der Waals surface area contributed by atoms with Gasteiger partial charge in [-0.25, -0.2) is 10.1 Å². The normalized spacial score (nSPS) is 11.2. The van der Waals surface area contributed by atoms with Crippen LogP contribution in [0.4, 0.5) is 0 Å². The van der Waals surface area contributed by atoms with Crippen molar-refractivity contribution in [2.75, 3.05) is 14.2 Å². The maximum Gasteiger partial charge on any atom is 0.283 e. The summed E-state index contributed by atoms with van der Waals surface area (Å²) in [6, 6.07) is 22.9. The third-order valence-corrected chi connectivity index (χ3v) is 7.20. The predicted octanol–water partition coefficient (Wildman–Crippen LogP) is 6.19. The Hall–Kier alpha value is -4.14. The van der Waals surface area contributed by atoms with E-state index in [4.69, 9.17) is 26.2 Å². The smallest absolute Gasteiger partial charge is 0.283 e. The largest absolute Gasteiger partial charge is 0.497 e. The molecule has 0 bridgehead atoms. The molecule has 2 heterocycles. The number of rotatable bonds is 7. The zero-order chi connectivity index (χ0) is 25.1. The van der Waals surface area contributed by atoms with Crippen LogP contribution in [0.15, 0.2) is 84.1 Å². The molecule has 3 aromatic carbocycles. The summed E-state index contributed by atoms with van der Waals surface area (Å²) >= 11 is 7.76. The molecule has 0 saturated heterocycles. The zero-order valence-electron chi connectivity index (χ0n) is 19.4. The fourth-order valence-electron chi connectivity index (χ4n) is 3.70. The Bertz CT molecular complexity index is 1560. The van der Waals surface area contributed by atoms with Crippen molar-refractivity contribution in [2.45, 2.75) is 0 Å². The van der Waals surface area contributed by atoms with E-state index in [1.807, 2.05) is 79.0 Å². The number of nitrogens with zero attached hydrogens (tertiary/aromatic N) is 3. The van der Waals surface area contributed by atoms with Crippen LogP contribution in [0.1, 0.15) is 15.2 Å². The summed E-state index contributed by atoms with van der Waals surface area (Å²) in [5, 5.41) is 10.2. The van der Waals surface area contributed by atoms with Gasteiger partial charge in [0, 0.05) is 27.4 Å². The molecule has 0 fully saturated rings. The summed E-state index contributed by atoms with van der Waals surface area (Å²) in [5.41, 5.74) is 5.83. The lowest BCUT2D eigenvalue weighted by atomic mass is 10.1. The van der Waals surface area contributed by atoms with Crippen LogP contribution < -0.4 is 14.9 Å². The van der Waals surface area contributed by atoms with Crippen molar-refractivity contribution in [1.29, 1.82) is 0 Å². The number of aromatic nitrogens is 2. The zero-order valence-corrected chi connectivity index (χ0v) is 21.0. The van der Waals surface area contributed by atoms with Crippen molar-refractivity contribution in [1.82, 2.24) is 15.2 Å². The minimum Gasteiger partial charge on any atom is -0.497 e. The van der Waals surface area contributed by atoms with Crippen LogP contribution in [0.3, 0.4) is 0 Å². The van der Waals surface area contributed by atoms with Gasteiger partial charge in [-0.2, -0.15) is 10.2 Å². The SMILES string of the molecule is COc1ccc(-c2nn(-c3ccccc3)cc2/C=N\NC(=O)c2sc3cc(OC)ccc3c2Cl)cc1. The molecule has 0 atom stereocenters. The molecule has 7 nitrogen and oxygen atoms in total. The fourth-order valence-corrected chi connectivity index (χ4v) is 5.13. The van der Waals surface area contributed by atoms with Crippen LogP contribution in [-0.2, 0) is 0 Å². The van der Waals surface area contributed by atoms with Crippen LogP contribution in [-0.4, -0.2) is 36.1 Å². The van der Waals surface area contributed by atoms with Gasteiger partial charge in [-0.3, -0.25) is 4.79 Å². The Balaban J connectivity index is 1.43. The first-order valence-corrected chi connectivity index (χ1v) is 12.2. The molecule has 0 aliphatic carbocycles. The van der Waals surface area contributed by atoms with Gasteiger partial charge in [0.25, 0.3) is 5.91 Å². The van der Waals surface area contributed by atoms with E-state index >= 15 is 0 Å². The Morgan fingerprint density at radius 3 is 2.47 bits per heavy atom. The van der Waals surface area contributed by atoms with Crippen molar-refractivity contribution >= 4 is 45.1 Å². The maximum atomic E-state index is 12.9. The first kappa shape index (κ1) is 23.6. The standard InChI is InChI=1S/C27H21ClN4O3S/c1-34-20-10-8-17(9-11-20)25-18(16-32(31-25)19-6-4-3-5-7-19)15-29-30-27(33)26-24(28)22-13-12-21(35-2)14-23(22)36-26/h3-16H,1-2H3,(H,30,33)/b29-15-. The number of amides is 1. The number of benzene rings is 3. The number of hydrogen-bond acceptors (Lipinski definition) is 6. The van der Waals surface area contributed by atoms with Crippen molar-refractivity contribution in [3.63, 3.8) is 0 Å². The van der Waals surface area contributed by atoms with Crippen molar-refractivity contribution in [3.05, 3.63) is 94.5 Å². The average molecular weight is 517 g/mol. The molecule has 5 rings (SSSR count). The summed E-state index contributed by atoms with van der Waals surface area (Å²) in [7, 11) is 3.22. The first-order valence-electron chi connectivity index (χ1n) is 11.0. The quantitative estimate of drug-likeness (QED) is 0.207. The summed E-state index contributed by atoms with van der Waals surface area (Å²) in [6.07, 6.45) is 3.44. The molecule has 0 unspecified atom stereocenters. The summed E-state index contributed by atoms with van der Waals surface area (Å²) < 4.78 is 13.2. The summed E-state index contributed by atoms with van der Waals surface area (Å²) in [5.74, 6) is 1.06. The molecule has 0 saturated carbocycles. The van der Waals surface area contributed by atoms with Gasteiger partial charge in [-0.1, -0.05) is 29.8 Å². The van der Waals surface area contributed by atoms with E-state index in [1.54, 1.807) is 25.1 Å². The topological polar surface area (TPSA) is 77.7 Å². The molecule has 1 N–H and O–H groups in total. The molecule has 1 amide bonds. The molecular weight excluding hydrogens is 496 g/mol. The van der Waals surface area contributed by atoms with Crippen molar-refractivity contribution < 1.29 is 14.3 Å². The Morgan fingerprint density at radius 1 is 1.03 bits per heavy atom. The first-order chi connectivity index (χ1) is 17.6. The van der Waals surface area contributed by atoms with Crippen molar-refractivity contribution in [3.8, 4) is 28.4 Å². The van der Waals surface area contributed by atoms with Crippen LogP contribution in [0, 0.1) is 0 Å². The molecule has 180 valence electrons. The van der Waals surface area contributed by atoms with E-state index in [-0.39, 0.29) is 0 Å². The lowest BCUT2D eigenvalue weighted by Crippen LogP contribution is -2.16. The number of nitrogens with one attached hydrogen (secondary N) is 1. The van der Waals surface area contributed by atoms with Crippen LogP contribution in [0.5, 0.6) is 11.5 Å². The van der Waals surface area contributed by atoms with Crippen LogP contribution in [0.25, 0.3) is 27.0 Å². The van der Waals surface area contributed by atoms with E-state index in [0.29, 0.717) is 21.3 Å². The van der Waals surface area contributed by atoms with Gasteiger partial charge in [-0.05, 0) is 54.6 Å². The molecule has 5 aromatic rings. The third-order valence-electron chi connectivity index (χ3n) is 5.54. The number of carbonyl (C=O) groups excluding carboxylic acids is 1. The highest BCUT2D eigenvalue weighted by molar-refractivity contribution is 7.21. The van der Waals surface area contributed by atoms with E-state index in [0.717, 1.165) is 32.6 Å². The second-order valence-corrected chi connectivity index (χ2v) is 9.18. The number of ether oxygens (including phenoxy) is 2. The second kappa shape index (κ2) is 10.2. The van der Waals surface area contributed by atoms with Gasteiger partial charge < -0.3 is 9.47 Å². The lowest BCUT2D eigenvalue weighted by molar-refractivity contribution is 0.0959. The second-order valence-electron chi connectivity index (χ2n) is 7.75. The van der Waals surface area contributed by atoms with Crippen LogP contribution >= 0.6 is 22.9 Å². The van der Waals surface area contributed by atoms with Crippen LogP contribution in [0.2, 0.25) is 5.02 Å². The summed E-state index contributed by atoms with van der Waals surface area (Å²) in [6.45, 7) is 0. The predicted molar refractivity (Wildman–Crippen MR) is 144 cm³/mol. The number of hydrogen-bond donors (Lipinski definition) is 1. The number of thiophene rings is 1. The lowest BCUT2D eigenvalue weighted by Gasteiger charge is -2.02.